The number of methoxy groups -OCH3 is 1. The summed E-state index contributed by atoms with van der Waals surface area (Å²) in [5, 5.41) is 2.54. The molecule has 0 atom stereocenters. The number of aromatic nitrogens is 1. The number of rotatable bonds is 8. The molecule has 0 unspecified atom stereocenters. The Balaban J connectivity index is 2.58. The summed E-state index contributed by atoms with van der Waals surface area (Å²) >= 11 is 0.791. The average molecular weight is 458 g/mol. The third-order valence-electron chi connectivity index (χ3n) is 3.95. The lowest BCUT2D eigenvalue weighted by atomic mass is 10.1. The van der Waals surface area contributed by atoms with Gasteiger partial charge in [-0.3, -0.25) is 14.2 Å². The van der Waals surface area contributed by atoms with Crippen LogP contribution in [0.15, 0.2) is 29.1 Å². The Morgan fingerprint density at radius 1 is 1.26 bits per heavy atom. The summed E-state index contributed by atoms with van der Waals surface area (Å²) in [6.45, 7) is 1.76. The molecule has 1 amide bonds. The minimum absolute atomic E-state index is 0.0584. The molecule has 1 heterocycles. The van der Waals surface area contributed by atoms with Crippen LogP contribution >= 0.6 is 11.3 Å². The molecular formula is C20H21F3N2O5S. The van der Waals surface area contributed by atoms with Crippen LogP contribution in [0.25, 0.3) is 12.2 Å². The van der Waals surface area contributed by atoms with E-state index in [4.69, 9.17) is 9.47 Å². The van der Waals surface area contributed by atoms with Crippen molar-refractivity contribution in [2.45, 2.75) is 19.6 Å². The van der Waals surface area contributed by atoms with E-state index in [9.17, 15) is 27.6 Å². The van der Waals surface area contributed by atoms with Gasteiger partial charge in [0.2, 0.25) is 5.91 Å². The fraction of sp³-hybridized carbons (Fsp3) is 0.350. The fourth-order valence-corrected chi connectivity index (χ4v) is 3.61. The van der Waals surface area contributed by atoms with Gasteiger partial charge in [-0.05, 0) is 24.6 Å². The molecule has 0 aliphatic rings. The fourth-order valence-electron chi connectivity index (χ4n) is 2.59. The lowest BCUT2D eigenvalue weighted by molar-refractivity contribution is -0.138. The highest BCUT2D eigenvalue weighted by Crippen LogP contribution is 2.31. The molecule has 1 N–H and O–H groups in total. The normalized spacial score (nSPS) is 12.8. The van der Waals surface area contributed by atoms with E-state index in [1.54, 1.807) is 6.92 Å². The van der Waals surface area contributed by atoms with E-state index in [-0.39, 0.29) is 34.5 Å². The molecule has 7 nitrogen and oxygen atoms in total. The summed E-state index contributed by atoms with van der Waals surface area (Å²) in [7, 11) is 1.46. The van der Waals surface area contributed by atoms with Crippen LogP contribution < -0.4 is 20.1 Å². The Morgan fingerprint density at radius 2 is 1.97 bits per heavy atom. The maximum Gasteiger partial charge on any atom is 0.416 e. The highest BCUT2D eigenvalue weighted by Gasteiger charge is 2.32. The van der Waals surface area contributed by atoms with Crippen molar-refractivity contribution in [3.8, 4) is 0 Å². The molecule has 11 heteroatoms. The zero-order valence-corrected chi connectivity index (χ0v) is 17.6. The van der Waals surface area contributed by atoms with Gasteiger partial charge in [0, 0.05) is 13.7 Å². The zero-order chi connectivity index (χ0) is 23.0. The highest BCUT2D eigenvalue weighted by molar-refractivity contribution is 7.07. The van der Waals surface area contributed by atoms with Gasteiger partial charge in [0.25, 0.3) is 5.56 Å². The number of nitrogens with zero attached hydrogens (tertiary/aromatic N) is 1. The van der Waals surface area contributed by atoms with Gasteiger partial charge in [0.05, 0.1) is 29.4 Å². The van der Waals surface area contributed by atoms with Crippen molar-refractivity contribution in [2.75, 3.05) is 26.9 Å². The topological polar surface area (TPSA) is 86.6 Å². The monoisotopic (exact) mass is 458 g/mol. The quantitative estimate of drug-likeness (QED) is 0.469. The van der Waals surface area contributed by atoms with E-state index in [0.717, 1.165) is 34.1 Å². The molecule has 0 fully saturated rings. The number of halogens is 3. The van der Waals surface area contributed by atoms with Gasteiger partial charge in [-0.2, -0.15) is 13.2 Å². The minimum atomic E-state index is -4.61. The summed E-state index contributed by atoms with van der Waals surface area (Å²) < 4.78 is 50.6. The molecule has 0 saturated heterocycles. The first-order valence-corrected chi connectivity index (χ1v) is 10.0. The van der Waals surface area contributed by atoms with Crippen LogP contribution in [0.5, 0.6) is 0 Å². The van der Waals surface area contributed by atoms with Gasteiger partial charge in [0.15, 0.2) is 0 Å². The number of carbonyl (C=O) groups is 2. The number of esters is 1. The molecule has 0 aliphatic carbocycles. The summed E-state index contributed by atoms with van der Waals surface area (Å²) in [6, 6.07) is 4.81. The van der Waals surface area contributed by atoms with Crippen molar-refractivity contribution in [1.29, 1.82) is 0 Å². The first-order chi connectivity index (χ1) is 14.7. The lowest BCUT2D eigenvalue weighted by Gasteiger charge is -2.09. The molecule has 0 bridgehead atoms. The van der Waals surface area contributed by atoms with Gasteiger partial charge >= 0.3 is 12.1 Å². The Hall–Kier alpha value is -2.92. The van der Waals surface area contributed by atoms with Crippen molar-refractivity contribution in [3.05, 3.63) is 54.9 Å². The van der Waals surface area contributed by atoms with Crippen molar-refractivity contribution in [3.63, 3.8) is 0 Å². The molecule has 1 aromatic carbocycles. The Morgan fingerprint density at radius 3 is 2.61 bits per heavy atom. The van der Waals surface area contributed by atoms with Crippen molar-refractivity contribution in [2.24, 2.45) is 0 Å². The van der Waals surface area contributed by atoms with Crippen LogP contribution in [0.2, 0.25) is 0 Å². The van der Waals surface area contributed by atoms with E-state index in [0.29, 0.717) is 0 Å². The first kappa shape index (κ1) is 24.4. The summed E-state index contributed by atoms with van der Waals surface area (Å²) in [5.74, 6) is -1.25. The largest absolute Gasteiger partial charge is 0.463 e. The molecule has 2 rings (SSSR count). The Labute approximate surface area is 179 Å². The molecule has 31 heavy (non-hydrogen) atoms. The lowest BCUT2D eigenvalue weighted by Crippen LogP contribution is -2.39. The predicted molar refractivity (Wildman–Crippen MR) is 109 cm³/mol. The highest BCUT2D eigenvalue weighted by atomic mass is 32.1. The molecule has 0 aliphatic heterocycles. The number of ether oxygens (including phenoxy) is 2. The van der Waals surface area contributed by atoms with Crippen molar-refractivity contribution in [1.82, 2.24) is 9.88 Å². The smallest absolute Gasteiger partial charge is 0.416 e. The second-order valence-corrected chi connectivity index (χ2v) is 7.23. The van der Waals surface area contributed by atoms with Crippen LogP contribution in [-0.2, 0) is 31.8 Å². The number of carbonyl (C=O) groups excluding carboxylic acids is 2. The molecule has 2 aromatic rings. The van der Waals surface area contributed by atoms with Crippen LogP contribution in [-0.4, -0.2) is 43.3 Å². The number of hydrogen-bond donors (Lipinski definition) is 1. The maximum atomic E-state index is 13.3. The van der Waals surface area contributed by atoms with Crippen molar-refractivity contribution >= 4 is 35.4 Å². The molecule has 0 radical (unpaired) electrons. The molecule has 0 spiro atoms. The molecular weight excluding hydrogens is 437 g/mol. The van der Waals surface area contributed by atoms with Gasteiger partial charge < -0.3 is 14.8 Å². The number of alkyl halides is 3. The molecule has 168 valence electrons. The summed E-state index contributed by atoms with van der Waals surface area (Å²) in [4.78, 5) is 36.9. The number of nitrogens with one attached hydrogen (secondary N) is 1. The second kappa shape index (κ2) is 10.9. The SMILES string of the molecule is CCOC(=O)/C=c1/s/c(=C\c2ccccc2C(F)(F)F)c(=O)n1CC(=O)NCCOC. The van der Waals surface area contributed by atoms with Gasteiger partial charge in [0.1, 0.15) is 11.2 Å². The number of thiazole rings is 1. The molecule has 1 aromatic heterocycles. The third kappa shape index (κ3) is 6.79. The van der Waals surface area contributed by atoms with E-state index in [1.165, 1.54) is 25.3 Å². The van der Waals surface area contributed by atoms with Crippen LogP contribution in [0.1, 0.15) is 18.1 Å². The molecule has 0 saturated carbocycles. The van der Waals surface area contributed by atoms with Crippen LogP contribution in [0.3, 0.4) is 0 Å². The van der Waals surface area contributed by atoms with E-state index in [1.807, 2.05) is 0 Å². The van der Waals surface area contributed by atoms with Crippen LogP contribution in [0.4, 0.5) is 13.2 Å². The van der Waals surface area contributed by atoms with Crippen molar-refractivity contribution < 1.29 is 32.2 Å². The van der Waals surface area contributed by atoms with E-state index < -0.39 is 35.7 Å². The summed E-state index contributed by atoms with van der Waals surface area (Å²) in [6.07, 6.45) is -2.48. The summed E-state index contributed by atoms with van der Waals surface area (Å²) in [5.41, 5.74) is -1.80. The standard InChI is InChI=1S/C20H21F3N2O5S/c1-3-30-18(27)11-17-25(12-16(26)24-8-9-29-2)19(28)15(31-17)10-13-6-4-5-7-14(13)20(21,22)23/h4-7,10-11H,3,8-9,12H2,1-2H3,(H,24,26)/b15-10-,17-11+. The third-order valence-corrected chi connectivity index (χ3v) is 5.01. The first-order valence-electron chi connectivity index (χ1n) is 9.19. The predicted octanol–water partition coefficient (Wildman–Crippen LogP) is 0.864. The maximum absolute atomic E-state index is 13.3. The average Bonchev–Trinajstić information content (AvgIpc) is 2.96. The Bertz CT molecular complexity index is 1110. The Kier molecular flexibility index (Phi) is 8.57. The van der Waals surface area contributed by atoms with Gasteiger partial charge in [-0.15, -0.1) is 11.3 Å². The second-order valence-electron chi connectivity index (χ2n) is 6.16. The number of amides is 1. The number of benzene rings is 1. The van der Waals surface area contributed by atoms with E-state index >= 15 is 0 Å². The van der Waals surface area contributed by atoms with Gasteiger partial charge in [-0.1, -0.05) is 18.2 Å². The number of hydrogen-bond acceptors (Lipinski definition) is 6. The van der Waals surface area contributed by atoms with E-state index in [2.05, 4.69) is 5.32 Å². The minimum Gasteiger partial charge on any atom is -0.463 e. The zero-order valence-electron chi connectivity index (χ0n) is 16.8. The van der Waals surface area contributed by atoms with Crippen LogP contribution in [0, 0.1) is 0 Å². The van der Waals surface area contributed by atoms with Gasteiger partial charge in [-0.25, -0.2) is 4.79 Å².